The summed E-state index contributed by atoms with van der Waals surface area (Å²) in [5, 5.41) is 3.59. The van der Waals surface area contributed by atoms with Gasteiger partial charge in [0.1, 0.15) is 0 Å². The van der Waals surface area contributed by atoms with Crippen LogP contribution in [-0.4, -0.2) is 19.8 Å². The summed E-state index contributed by atoms with van der Waals surface area (Å²) in [7, 11) is 1.78. The Morgan fingerprint density at radius 1 is 1.21 bits per heavy atom. The molecule has 0 saturated heterocycles. The molecule has 19 heavy (non-hydrogen) atoms. The Morgan fingerprint density at radius 2 is 1.95 bits per heavy atom. The number of hydrogen-bond donors (Lipinski definition) is 1. The molecule has 2 atom stereocenters. The monoisotopic (exact) mass is 263 g/mol. The Kier molecular flexibility index (Phi) is 7.11. The van der Waals surface area contributed by atoms with Crippen molar-refractivity contribution in [2.24, 2.45) is 5.92 Å². The van der Waals surface area contributed by atoms with Crippen molar-refractivity contribution in [1.29, 1.82) is 0 Å². The third-order valence-corrected chi connectivity index (χ3v) is 3.41. The van der Waals surface area contributed by atoms with Gasteiger partial charge in [-0.15, -0.1) is 0 Å². The Labute approximate surface area is 118 Å². The van der Waals surface area contributed by atoms with Crippen LogP contribution in [0, 0.1) is 5.92 Å². The molecule has 0 aliphatic heterocycles. The molecule has 0 saturated carbocycles. The fourth-order valence-corrected chi connectivity index (χ4v) is 2.38. The van der Waals surface area contributed by atoms with Crippen LogP contribution < -0.4 is 5.32 Å². The maximum Gasteiger partial charge on any atom is 0.0737 e. The number of nitrogens with one attached hydrogen (secondary N) is 1. The van der Waals surface area contributed by atoms with Crippen molar-refractivity contribution >= 4 is 0 Å². The van der Waals surface area contributed by atoms with E-state index < -0.39 is 0 Å². The molecule has 0 spiro atoms. The topological polar surface area (TPSA) is 21.3 Å². The Balaban J connectivity index is 2.88. The first-order valence-corrected chi connectivity index (χ1v) is 7.43. The number of methoxy groups -OCH3 is 1. The lowest BCUT2D eigenvalue weighted by Crippen LogP contribution is -2.32. The SMILES string of the molecule is CCCNC(c1cccc(CC(C)C)c1)C(C)OC. The van der Waals surface area contributed by atoms with E-state index in [0.717, 1.165) is 19.4 Å². The third-order valence-electron chi connectivity index (χ3n) is 3.41. The normalized spacial score (nSPS) is 14.6. The van der Waals surface area contributed by atoms with Gasteiger partial charge in [-0.1, -0.05) is 45.0 Å². The van der Waals surface area contributed by atoms with Crippen LogP contribution in [-0.2, 0) is 11.2 Å². The van der Waals surface area contributed by atoms with Crippen molar-refractivity contribution in [3.05, 3.63) is 35.4 Å². The summed E-state index contributed by atoms with van der Waals surface area (Å²) in [6.07, 6.45) is 2.45. The molecule has 2 heteroatoms. The predicted molar refractivity (Wildman–Crippen MR) is 82.5 cm³/mol. The van der Waals surface area contributed by atoms with Crippen LogP contribution >= 0.6 is 0 Å². The summed E-state index contributed by atoms with van der Waals surface area (Å²) in [6, 6.07) is 9.18. The molecule has 2 unspecified atom stereocenters. The van der Waals surface area contributed by atoms with E-state index in [0.29, 0.717) is 5.92 Å². The minimum atomic E-state index is 0.181. The second-order valence-electron chi connectivity index (χ2n) is 5.72. The van der Waals surface area contributed by atoms with Crippen molar-refractivity contribution < 1.29 is 4.74 Å². The highest BCUT2D eigenvalue weighted by atomic mass is 16.5. The quantitative estimate of drug-likeness (QED) is 0.766. The molecule has 0 fully saturated rings. The van der Waals surface area contributed by atoms with Gasteiger partial charge in [0.05, 0.1) is 12.1 Å². The van der Waals surface area contributed by atoms with Crippen LogP contribution in [0.4, 0.5) is 0 Å². The van der Waals surface area contributed by atoms with Crippen molar-refractivity contribution in [2.75, 3.05) is 13.7 Å². The van der Waals surface area contributed by atoms with Crippen LogP contribution in [0.2, 0.25) is 0 Å². The highest BCUT2D eigenvalue weighted by Crippen LogP contribution is 2.21. The molecular weight excluding hydrogens is 234 g/mol. The summed E-state index contributed by atoms with van der Waals surface area (Å²) in [6.45, 7) is 9.86. The van der Waals surface area contributed by atoms with E-state index in [1.165, 1.54) is 11.1 Å². The van der Waals surface area contributed by atoms with Gasteiger partial charge in [-0.25, -0.2) is 0 Å². The Bertz CT molecular complexity index is 362. The van der Waals surface area contributed by atoms with Crippen molar-refractivity contribution in [3.63, 3.8) is 0 Å². The summed E-state index contributed by atoms with van der Waals surface area (Å²) >= 11 is 0. The summed E-state index contributed by atoms with van der Waals surface area (Å²) in [5.41, 5.74) is 2.75. The zero-order valence-electron chi connectivity index (χ0n) is 13.1. The smallest absolute Gasteiger partial charge is 0.0737 e. The molecule has 0 heterocycles. The lowest BCUT2D eigenvalue weighted by Gasteiger charge is -2.25. The lowest BCUT2D eigenvalue weighted by molar-refractivity contribution is 0.0830. The Hall–Kier alpha value is -0.860. The zero-order chi connectivity index (χ0) is 14.3. The van der Waals surface area contributed by atoms with E-state index >= 15 is 0 Å². The molecular formula is C17H29NO. The average Bonchev–Trinajstić information content (AvgIpc) is 2.38. The lowest BCUT2D eigenvalue weighted by atomic mass is 9.96. The van der Waals surface area contributed by atoms with Gasteiger partial charge in [-0.3, -0.25) is 0 Å². The van der Waals surface area contributed by atoms with E-state index in [-0.39, 0.29) is 12.1 Å². The summed E-state index contributed by atoms with van der Waals surface area (Å²) < 4.78 is 5.52. The molecule has 0 aromatic heterocycles. The molecule has 1 N–H and O–H groups in total. The van der Waals surface area contributed by atoms with Crippen LogP contribution in [0.5, 0.6) is 0 Å². The van der Waals surface area contributed by atoms with E-state index in [4.69, 9.17) is 4.74 Å². The van der Waals surface area contributed by atoms with E-state index in [1.54, 1.807) is 7.11 Å². The first-order chi connectivity index (χ1) is 9.08. The van der Waals surface area contributed by atoms with E-state index in [1.807, 2.05) is 0 Å². The number of rotatable bonds is 8. The molecule has 2 nitrogen and oxygen atoms in total. The number of benzene rings is 1. The third kappa shape index (κ3) is 5.33. The van der Waals surface area contributed by atoms with E-state index in [9.17, 15) is 0 Å². The maximum atomic E-state index is 5.52. The van der Waals surface area contributed by atoms with Gasteiger partial charge in [0.2, 0.25) is 0 Å². The van der Waals surface area contributed by atoms with Gasteiger partial charge in [0.15, 0.2) is 0 Å². The van der Waals surface area contributed by atoms with Crippen LogP contribution in [0.15, 0.2) is 24.3 Å². The molecule has 0 aliphatic rings. The van der Waals surface area contributed by atoms with Gasteiger partial charge < -0.3 is 10.1 Å². The molecule has 0 aliphatic carbocycles. The van der Waals surface area contributed by atoms with E-state index in [2.05, 4.69) is 57.3 Å². The molecule has 108 valence electrons. The van der Waals surface area contributed by atoms with Crippen molar-refractivity contribution in [3.8, 4) is 0 Å². The van der Waals surface area contributed by atoms with Gasteiger partial charge in [-0.05, 0) is 43.4 Å². The molecule has 1 aromatic carbocycles. The van der Waals surface area contributed by atoms with Gasteiger partial charge in [0, 0.05) is 7.11 Å². The molecule has 0 radical (unpaired) electrons. The molecule has 1 rings (SSSR count). The maximum absolute atomic E-state index is 5.52. The number of ether oxygens (including phenoxy) is 1. The predicted octanol–water partition coefficient (Wildman–Crippen LogP) is 3.96. The summed E-state index contributed by atoms with van der Waals surface area (Å²) in [4.78, 5) is 0. The number of hydrogen-bond acceptors (Lipinski definition) is 2. The van der Waals surface area contributed by atoms with Gasteiger partial charge >= 0.3 is 0 Å². The second kappa shape index (κ2) is 8.34. The van der Waals surface area contributed by atoms with Crippen molar-refractivity contribution in [2.45, 2.75) is 52.7 Å². The molecule has 1 aromatic rings. The minimum Gasteiger partial charge on any atom is -0.380 e. The van der Waals surface area contributed by atoms with Gasteiger partial charge in [0.25, 0.3) is 0 Å². The van der Waals surface area contributed by atoms with Crippen LogP contribution in [0.3, 0.4) is 0 Å². The van der Waals surface area contributed by atoms with Gasteiger partial charge in [-0.2, -0.15) is 0 Å². The Morgan fingerprint density at radius 3 is 2.53 bits per heavy atom. The standard InChI is InChI=1S/C17H29NO/c1-6-10-18-17(14(4)19-5)16-9-7-8-15(12-16)11-13(2)3/h7-9,12-14,17-18H,6,10-11H2,1-5H3. The summed E-state index contributed by atoms with van der Waals surface area (Å²) in [5.74, 6) is 0.692. The largest absolute Gasteiger partial charge is 0.380 e. The fraction of sp³-hybridized carbons (Fsp3) is 0.647. The fourth-order valence-electron chi connectivity index (χ4n) is 2.38. The average molecular weight is 263 g/mol. The highest BCUT2D eigenvalue weighted by Gasteiger charge is 2.18. The first-order valence-electron chi connectivity index (χ1n) is 7.43. The molecule has 0 bridgehead atoms. The highest BCUT2D eigenvalue weighted by molar-refractivity contribution is 5.27. The zero-order valence-corrected chi connectivity index (χ0v) is 13.1. The van der Waals surface area contributed by atoms with Crippen molar-refractivity contribution in [1.82, 2.24) is 5.32 Å². The molecule has 0 amide bonds. The first kappa shape index (κ1) is 16.2. The minimum absolute atomic E-state index is 0.181. The van der Waals surface area contributed by atoms with Crippen LogP contribution in [0.25, 0.3) is 0 Å². The van der Waals surface area contributed by atoms with Crippen LogP contribution in [0.1, 0.15) is 51.3 Å². The second-order valence-corrected chi connectivity index (χ2v) is 5.72.